The number of aliphatic hydroxyl groups excluding tert-OH is 1. The fraction of sp³-hybridized carbons (Fsp3) is 0.550. The van der Waals surface area contributed by atoms with Crippen LogP contribution in [0.4, 0.5) is 0 Å². The molecule has 134 valence electrons. The number of hydrogen-bond acceptors (Lipinski definition) is 4. The summed E-state index contributed by atoms with van der Waals surface area (Å²) in [6.07, 6.45) is -0.623. The monoisotopic (exact) mass is 334 g/mol. The minimum absolute atomic E-state index is 0.0137. The van der Waals surface area contributed by atoms with Gasteiger partial charge < -0.3 is 14.6 Å². The van der Waals surface area contributed by atoms with Crippen LogP contribution in [0.2, 0.25) is 0 Å². The number of carbonyl (C=O) groups excluding carboxylic acids is 1. The molecule has 1 aromatic rings. The zero-order chi connectivity index (χ0) is 18.3. The maximum atomic E-state index is 12.2. The zero-order valence-electron chi connectivity index (χ0n) is 15.5. The summed E-state index contributed by atoms with van der Waals surface area (Å²) in [4.78, 5) is 12.2. The third-order valence-electron chi connectivity index (χ3n) is 3.98. The zero-order valence-corrected chi connectivity index (χ0v) is 15.5. The van der Waals surface area contributed by atoms with Gasteiger partial charge in [-0.3, -0.25) is 4.79 Å². The Hall–Kier alpha value is -1.65. The lowest BCUT2D eigenvalue weighted by Gasteiger charge is -2.30. The first-order valence-corrected chi connectivity index (χ1v) is 8.23. The van der Waals surface area contributed by atoms with Gasteiger partial charge in [-0.15, -0.1) is 0 Å². The Kier molecular flexibility index (Phi) is 7.64. The van der Waals surface area contributed by atoms with E-state index in [1.54, 1.807) is 14.0 Å². The Morgan fingerprint density at radius 3 is 2.25 bits per heavy atom. The molecule has 1 N–H and O–H groups in total. The lowest BCUT2D eigenvalue weighted by atomic mass is 9.85. The first kappa shape index (κ1) is 20.4. The van der Waals surface area contributed by atoms with Crippen molar-refractivity contribution in [2.45, 2.75) is 59.4 Å². The Morgan fingerprint density at radius 1 is 1.21 bits per heavy atom. The van der Waals surface area contributed by atoms with Gasteiger partial charge in [0.15, 0.2) is 0 Å². The van der Waals surface area contributed by atoms with Crippen molar-refractivity contribution in [3.63, 3.8) is 0 Å². The Bertz CT molecular complexity index is 540. The van der Waals surface area contributed by atoms with Crippen LogP contribution in [-0.4, -0.2) is 30.2 Å². The van der Waals surface area contributed by atoms with Crippen LogP contribution in [0.3, 0.4) is 0 Å². The van der Waals surface area contributed by atoms with Crippen LogP contribution in [0.25, 0.3) is 0 Å². The van der Waals surface area contributed by atoms with E-state index in [4.69, 9.17) is 9.47 Å². The smallest absolute Gasteiger partial charge is 0.138 e. The van der Waals surface area contributed by atoms with Gasteiger partial charge in [0.05, 0.1) is 25.9 Å². The lowest BCUT2D eigenvalue weighted by Crippen LogP contribution is -2.32. The van der Waals surface area contributed by atoms with E-state index in [1.165, 1.54) is 0 Å². The molecule has 24 heavy (non-hydrogen) atoms. The van der Waals surface area contributed by atoms with Crippen molar-refractivity contribution in [1.29, 1.82) is 0 Å². The number of hydrogen-bond donors (Lipinski definition) is 1. The van der Waals surface area contributed by atoms with Crippen molar-refractivity contribution in [1.82, 2.24) is 0 Å². The van der Waals surface area contributed by atoms with E-state index in [0.717, 1.165) is 11.3 Å². The van der Waals surface area contributed by atoms with Crippen LogP contribution >= 0.6 is 0 Å². The molecule has 0 spiro atoms. The summed E-state index contributed by atoms with van der Waals surface area (Å²) in [5, 5.41) is 9.80. The normalized spacial score (nSPS) is 14.1. The molecular weight excluding hydrogens is 304 g/mol. The first-order valence-electron chi connectivity index (χ1n) is 8.23. The predicted molar refractivity (Wildman–Crippen MR) is 96.1 cm³/mol. The molecule has 0 aliphatic carbocycles. The van der Waals surface area contributed by atoms with Crippen molar-refractivity contribution in [3.05, 3.63) is 42.0 Å². The third-order valence-corrected chi connectivity index (χ3v) is 3.98. The highest BCUT2D eigenvalue weighted by atomic mass is 16.5. The number of methoxy groups -OCH3 is 1. The van der Waals surface area contributed by atoms with E-state index >= 15 is 0 Å². The number of benzene rings is 1. The van der Waals surface area contributed by atoms with E-state index in [0.29, 0.717) is 12.2 Å². The summed E-state index contributed by atoms with van der Waals surface area (Å²) < 4.78 is 11.2. The summed E-state index contributed by atoms with van der Waals surface area (Å²) in [6.45, 7) is 12.0. The molecule has 0 fully saturated rings. The molecule has 1 aromatic carbocycles. The predicted octanol–water partition coefficient (Wildman–Crippen LogP) is 3.91. The summed E-state index contributed by atoms with van der Waals surface area (Å²) >= 11 is 0. The topological polar surface area (TPSA) is 55.8 Å². The standard InChI is InChI=1S/C20H30O4/c1-14(2)18(22)11-16(21)12-19(20(3,4)5)24-13-15-7-9-17(23-6)10-8-15/h7-10,18-19,22H,1,11-13H2,2-6H3/t18-,19+/m0/s1. The van der Waals surface area contributed by atoms with Gasteiger partial charge in [-0.05, 0) is 30.0 Å². The van der Waals surface area contributed by atoms with Crippen molar-refractivity contribution < 1.29 is 19.4 Å². The minimum Gasteiger partial charge on any atom is -0.497 e. The molecule has 0 saturated carbocycles. The third kappa shape index (κ3) is 6.85. The second kappa shape index (κ2) is 9.00. The molecule has 4 nitrogen and oxygen atoms in total. The van der Waals surface area contributed by atoms with E-state index in [2.05, 4.69) is 6.58 Å². The van der Waals surface area contributed by atoms with Gasteiger partial charge in [-0.2, -0.15) is 0 Å². The van der Waals surface area contributed by atoms with Crippen molar-refractivity contribution in [3.8, 4) is 5.75 Å². The quantitative estimate of drug-likeness (QED) is 0.696. The molecule has 0 heterocycles. The number of carbonyl (C=O) groups is 1. The lowest BCUT2D eigenvalue weighted by molar-refractivity contribution is -0.126. The summed E-state index contributed by atoms with van der Waals surface area (Å²) in [5.41, 5.74) is 1.46. The van der Waals surface area contributed by atoms with Crippen molar-refractivity contribution >= 4 is 5.78 Å². The van der Waals surface area contributed by atoms with Crippen LogP contribution in [-0.2, 0) is 16.1 Å². The van der Waals surface area contributed by atoms with E-state index in [9.17, 15) is 9.90 Å². The largest absolute Gasteiger partial charge is 0.497 e. The van der Waals surface area contributed by atoms with Crippen LogP contribution in [0.1, 0.15) is 46.1 Å². The average Bonchev–Trinajstić information content (AvgIpc) is 2.50. The van der Waals surface area contributed by atoms with Crippen molar-refractivity contribution in [2.24, 2.45) is 5.41 Å². The highest BCUT2D eigenvalue weighted by Gasteiger charge is 2.28. The average molecular weight is 334 g/mol. The van der Waals surface area contributed by atoms with Gasteiger partial charge in [0, 0.05) is 12.8 Å². The fourth-order valence-corrected chi connectivity index (χ4v) is 2.21. The van der Waals surface area contributed by atoms with Gasteiger partial charge in [0.2, 0.25) is 0 Å². The second-order valence-electron chi connectivity index (χ2n) is 7.32. The molecule has 0 amide bonds. The van der Waals surface area contributed by atoms with Crippen LogP contribution in [0.5, 0.6) is 5.75 Å². The highest BCUT2D eigenvalue weighted by Crippen LogP contribution is 2.27. The maximum absolute atomic E-state index is 12.2. The van der Waals surface area contributed by atoms with Crippen molar-refractivity contribution in [2.75, 3.05) is 7.11 Å². The molecule has 0 aliphatic heterocycles. The fourth-order valence-electron chi connectivity index (χ4n) is 2.21. The molecule has 4 heteroatoms. The Balaban J connectivity index is 2.65. The van der Waals surface area contributed by atoms with Crippen LogP contribution in [0.15, 0.2) is 36.4 Å². The molecule has 0 aromatic heterocycles. The number of Topliss-reactive ketones (excluding diaryl/α,β-unsaturated/α-hetero) is 1. The molecule has 1 rings (SSSR count). The van der Waals surface area contributed by atoms with E-state index in [-0.39, 0.29) is 30.1 Å². The van der Waals surface area contributed by atoms with E-state index < -0.39 is 6.10 Å². The second-order valence-corrected chi connectivity index (χ2v) is 7.32. The number of ketones is 1. The molecule has 0 radical (unpaired) electrons. The van der Waals surface area contributed by atoms with Gasteiger partial charge in [0.1, 0.15) is 11.5 Å². The summed E-state index contributed by atoms with van der Waals surface area (Å²) in [6, 6.07) is 7.68. The van der Waals surface area contributed by atoms with Gasteiger partial charge in [-0.1, -0.05) is 45.1 Å². The SMILES string of the molecule is C=C(C)[C@@H](O)CC(=O)C[C@@H](OCc1ccc(OC)cc1)C(C)(C)C. The summed E-state index contributed by atoms with van der Waals surface area (Å²) in [7, 11) is 1.63. The number of rotatable bonds is 9. The number of ether oxygens (including phenoxy) is 2. The minimum atomic E-state index is -0.778. The first-order chi connectivity index (χ1) is 11.1. The Labute approximate surface area is 145 Å². The highest BCUT2D eigenvalue weighted by molar-refractivity contribution is 5.79. The van der Waals surface area contributed by atoms with Gasteiger partial charge in [0.25, 0.3) is 0 Å². The molecule has 0 unspecified atom stereocenters. The Morgan fingerprint density at radius 2 is 1.79 bits per heavy atom. The molecule has 0 aliphatic rings. The van der Waals surface area contributed by atoms with Gasteiger partial charge >= 0.3 is 0 Å². The summed E-state index contributed by atoms with van der Waals surface area (Å²) in [5.74, 6) is 0.787. The molecule has 0 bridgehead atoms. The maximum Gasteiger partial charge on any atom is 0.138 e. The van der Waals surface area contributed by atoms with Crippen LogP contribution < -0.4 is 4.74 Å². The molecule has 2 atom stereocenters. The molecular formula is C20H30O4. The van der Waals surface area contributed by atoms with Crippen LogP contribution in [0, 0.1) is 5.41 Å². The number of aliphatic hydroxyl groups is 1. The van der Waals surface area contributed by atoms with E-state index in [1.807, 2.05) is 45.0 Å². The van der Waals surface area contributed by atoms with Gasteiger partial charge in [-0.25, -0.2) is 0 Å². The molecule has 0 saturated heterocycles.